The minimum absolute atomic E-state index is 0.109. The number of hydrogen-bond donors (Lipinski definition) is 1. The van der Waals surface area contributed by atoms with Crippen molar-refractivity contribution in [2.24, 2.45) is 0 Å². The van der Waals surface area contributed by atoms with E-state index in [1.54, 1.807) is 11.8 Å². The predicted molar refractivity (Wildman–Crippen MR) is 113 cm³/mol. The Balaban J connectivity index is 1.55. The van der Waals surface area contributed by atoms with E-state index >= 15 is 0 Å². The number of carbonyl (C=O) groups is 1. The normalized spacial score (nSPS) is 10.6. The first-order valence-corrected chi connectivity index (χ1v) is 11.2. The lowest BCUT2D eigenvalue weighted by Gasteiger charge is -2.11. The van der Waals surface area contributed by atoms with Crippen molar-refractivity contribution in [2.75, 3.05) is 16.8 Å². The number of para-hydroxylation sites is 3. The van der Waals surface area contributed by atoms with Gasteiger partial charge >= 0.3 is 0 Å². The molecule has 0 unspecified atom stereocenters. The number of benzene rings is 2. The number of thioether (sulfide) groups is 2. The van der Waals surface area contributed by atoms with Crippen LogP contribution in [-0.2, 0) is 4.79 Å². The van der Waals surface area contributed by atoms with Gasteiger partial charge in [-0.25, -0.2) is 0 Å². The molecule has 0 aliphatic rings. The van der Waals surface area contributed by atoms with E-state index in [9.17, 15) is 4.79 Å². The third-order valence-electron chi connectivity index (χ3n) is 3.28. The Morgan fingerprint density at radius 3 is 2.52 bits per heavy atom. The van der Waals surface area contributed by atoms with Gasteiger partial charge in [0.05, 0.1) is 11.4 Å². The number of nitrogens with one attached hydrogen (secondary N) is 1. The van der Waals surface area contributed by atoms with Crippen molar-refractivity contribution in [3.8, 4) is 11.5 Å². The van der Waals surface area contributed by atoms with Gasteiger partial charge in [-0.15, -0.1) is 10.2 Å². The summed E-state index contributed by atoms with van der Waals surface area (Å²) >= 11 is 4.61. The van der Waals surface area contributed by atoms with E-state index in [1.807, 2.05) is 54.6 Å². The average Bonchev–Trinajstić information content (AvgIpc) is 3.15. The van der Waals surface area contributed by atoms with E-state index < -0.39 is 0 Å². The van der Waals surface area contributed by atoms with Crippen LogP contribution in [0, 0.1) is 0 Å². The molecular weight excluding hydrogens is 398 g/mol. The number of rotatable bonds is 9. The monoisotopic (exact) mass is 417 g/mol. The standard InChI is InChI=1S/C19H19N3O2S3/c1-2-12-25-18-21-22-19(27-18)26-13-17(23)20-15-10-6-7-11-16(15)24-14-8-4-3-5-9-14/h3-11H,2,12-13H2,1H3,(H,20,23). The quantitative estimate of drug-likeness (QED) is 0.460. The smallest absolute Gasteiger partial charge is 0.234 e. The van der Waals surface area contributed by atoms with Crippen LogP contribution in [0.2, 0.25) is 0 Å². The zero-order valence-electron chi connectivity index (χ0n) is 14.8. The van der Waals surface area contributed by atoms with Crippen molar-refractivity contribution in [3.05, 3.63) is 54.6 Å². The lowest BCUT2D eigenvalue weighted by molar-refractivity contribution is -0.113. The van der Waals surface area contributed by atoms with Gasteiger partial charge in [-0.3, -0.25) is 4.79 Å². The fraction of sp³-hybridized carbons (Fsp3) is 0.211. The highest BCUT2D eigenvalue weighted by molar-refractivity contribution is 8.03. The zero-order chi connectivity index (χ0) is 18.9. The Hall–Kier alpha value is -2.03. The second kappa shape index (κ2) is 10.3. The Morgan fingerprint density at radius 2 is 1.74 bits per heavy atom. The summed E-state index contributed by atoms with van der Waals surface area (Å²) in [6, 6.07) is 16.9. The van der Waals surface area contributed by atoms with Gasteiger partial charge in [-0.2, -0.15) is 0 Å². The molecule has 0 fully saturated rings. The first kappa shape index (κ1) is 19.7. The highest BCUT2D eigenvalue weighted by Crippen LogP contribution is 2.31. The predicted octanol–water partition coefficient (Wildman–Crippen LogP) is 5.56. The van der Waals surface area contributed by atoms with E-state index in [0.717, 1.165) is 26.6 Å². The van der Waals surface area contributed by atoms with Gasteiger partial charge in [0.2, 0.25) is 5.91 Å². The van der Waals surface area contributed by atoms with E-state index in [4.69, 9.17) is 4.74 Å². The molecule has 5 nitrogen and oxygen atoms in total. The molecule has 140 valence electrons. The topological polar surface area (TPSA) is 64.1 Å². The van der Waals surface area contributed by atoms with E-state index in [-0.39, 0.29) is 11.7 Å². The summed E-state index contributed by atoms with van der Waals surface area (Å²) in [5, 5.41) is 11.2. The van der Waals surface area contributed by atoms with Gasteiger partial charge in [0.15, 0.2) is 14.4 Å². The van der Waals surface area contributed by atoms with E-state index in [0.29, 0.717) is 11.4 Å². The van der Waals surface area contributed by atoms with Crippen LogP contribution >= 0.6 is 34.9 Å². The highest BCUT2D eigenvalue weighted by Gasteiger charge is 2.11. The molecule has 1 aromatic heterocycles. The SMILES string of the molecule is CCCSc1nnc(SCC(=O)Nc2ccccc2Oc2ccccc2)s1. The molecule has 1 heterocycles. The van der Waals surface area contributed by atoms with Crippen molar-refractivity contribution in [3.63, 3.8) is 0 Å². The number of nitrogens with zero attached hydrogens (tertiary/aromatic N) is 2. The fourth-order valence-corrected chi connectivity index (χ4v) is 4.84. The van der Waals surface area contributed by atoms with Gasteiger partial charge in [-0.1, -0.05) is 72.1 Å². The van der Waals surface area contributed by atoms with Crippen LogP contribution in [0.4, 0.5) is 5.69 Å². The molecule has 2 aromatic carbocycles. The number of ether oxygens (including phenoxy) is 1. The number of aromatic nitrogens is 2. The van der Waals surface area contributed by atoms with Crippen molar-refractivity contribution in [2.45, 2.75) is 22.0 Å². The van der Waals surface area contributed by atoms with Crippen LogP contribution in [0.5, 0.6) is 11.5 Å². The molecule has 27 heavy (non-hydrogen) atoms. The number of carbonyl (C=O) groups excluding carboxylic acids is 1. The molecule has 0 bridgehead atoms. The summed E-state index contributed by atoms with van der Waals surface area (Å²) in [6.45, 7) is 2.13. The molecule has 0 aliphatic carbocycles. The molecular formula is C19H19N3O2S3. The minimum atomic E-state index is -0.109. The first-order valence-electron chi connectivity index (χ1n) is 8.45. The van der Waals surface area contributed by atoms with Gasteiger partial charge < -0.3 is 10.1 Å². The Bertz CT molecular complexity index is 871. The summed E-state index contributed by atoms with van der Waals surface area (Å²) in [4.78, 5) is 12.3. The molecule has 3 aromatic rings. The minimum Gasteiger partial charge on any atom is -0.455 e. The molecule has 0 radical (unpaired) electrons. The Labute approximate surface area is 170 Å². The summed E-state index contributed by atoms with van der Waals surface area (Å²) in [5.74, 6) is 2.52. The first-order chi connectivity index (χ1) is 13.2. The van der Waals surface area contributed by atoms with Crippen LogP contribution in [0.1, 0.15) is 13.3 Å². The Morgan fingerprint density at radius 1 is 1.04 bits per heavy atom. The number of amides is 1. The van der Waals surface area contributed by atoms with Gasteiger partial charge in [0.25, 0.3) is 0 Å². The van der Waals surface area contributed by atoms with Crippen molar-refractivity contribution < 1.29 is 9.53 Å². The second-order valence-electron chi connectivity index (χ2n) is 5.43. The van der Waals surface area contributed by atoms with Crippen molar-refractivity contribution in [1.82, 2.24) is 10.2 Å². The third kappa shape index (κ3) is 6.27. The summed E-state index contributed by atoms with van der Waals surface area (Å²) in [6.07, 6.45) is 1.10. The molecule has 0 saturated heterocycles. The Kier molecular flexibility index (Phi) is 7.55. The molecule has 0 saturated carbocycles. The maximum atomic E-state index is 12.3. The second-order valence-corrected chi connectivity index (χ2v) is 8.97. The van der Waals surface area contributed by atoms with Crippen molar-refractivity contribution in [1.29, 1.82) is 0 Å². The summed E-state index contributed by atoms with van der Waals surface area (Å²) < 4.78 is 7.62. The largest absolute Gasteiger partial charge is 0.455 e. The molecule has 1 N–H and O–H groups in total. The number of hydrogen-bond acceptors (Lipinski definition) is 7. The number of anilines is 1. The molecule has 0 atom stereocenters. The maximum absolute atomic E-state index is 12.3. The van der Waals surface area contributed by atoms with Gasteiger partial charge in [0.1, 0.15) is 5.75 Å². The average molecular weight is 418 g/mol. The van der Waals surface area contributed by atoms with Gasteiger partial charge in [-0.05, 0) is 30.7 Å². The summed E-state index contributed by atoms with van der Waals surface area (Å²) in [7, 11) is 0. The van der Waals surface area contributed by atoms with Crippen molar-refractivity contribution >= 4 is 46.5 Å². The molecule has 0 spiro atoms. The van der Waals surface area contributed by atoms with E-state index in [1.165, 1.54) is 23.1 Å². The highest BCUT2D eigenvalue weighted by atomic mass is 32.2. The van der Waals surface area contributed by atoms with Crippen LogP contribution in [0.25, 0.3) is 0 Å². The van der Waals surface area contributed by atoms with Crippen LogP contribution < -0.4 is 10.1 Å². The molecule has 3 rings (SSSR count). The lowest BCUT2D eigenvalue weighted by atomic mass is 10.3. The molecule has 1 amide bonds. The third-order valence-corrected chi connectivity index (χ3v) is 6.67. The van der Waals surface area contributed by atoms with Crippen LogP contribution in [0.15, 0.2) is 63.3 Å². The van der Waals surface area contributed by atoms with Crippen LogP contribution in [-0.4, -0.2) is 27.6 Å². The molecule has 8 heteroatoms. The fourth-order valence-electron chi connectivity index (χ4n) is 2.09. The summed E-state index contributed by atoms with van der Waals surface area (Å²) in [5.41, 5.74) is 0.642. The molecule has 0 aliphatic heterocycles. The van der Waals surface area contributed by atoms with E-state index in [2.05, 4.69) is 22.4 Å². The maximum Gasteiger partial charge on any atom is 0.234 e. The zero-order valence-corrected chi connectivity index (χ0v) is 17.2. The van der Waals surface area contributed by atoms with Gasteiger partial charge in [0, 0.05) is 5.75 Å². The lowest BCUT2D eigenvalue weighted by Crippen LogP contribution is -2.14. The van der Waals surface area contributed by atoms with Crippen LogP contribution in [0.3, 0.4) is 0 Å².